The summed E-state index contributed by atoms with van der Waals surface area (Å²) in [6, 6.07) is 5.35. The fraction of sp³-hybridized carbons (Fsp3) is 0.500. The van der Waals surface area contributed by atoms with E-state index in [4.69, 9.17) is 14.6 Å². The third-order valence-electron chi connectivity index (χ3n) is 2.44. The van der Waals surface area contributed by atoms with E-state index in [-0.39, 0.29) is 12.5 Å². The molecule has 0 aliphatic rings. The van der Waals surface area contributed by atoms with Gasteiger partial charge in [0.2, 0.25) is 0 Å². The first-order chi connectivity index (χ1) is 9.06. The van der Waals surface area contributed by atoms with Gasteiger partial charge in [0.25, 0.3) is 0 Å². The van der Waals surface area contributed by atoms with Crippen LogP contribution in [-0.2, 0) is 4.79 Å². The predicted molar refractivity (Wildman–Crippen MR) is 74.1 cm³/mol. The van der Waals surface area contributed by atoms with E-state index in [0.717, 1.165) is 5.69 Å². The summed E-state index contributed by atoms with van der Waals surface area (Å²) in [6.07, 6.45) is 0.0666. The molecule has 5 nitrogen and oxygen atoms in total. The average molecular weight is 267 g/mol. The van der Waals surface area contributed by atoms with Crippen LogP contribution in [0.5, 0.6) is 11.5 Å². The first kappa shape index (κ1) is 15.1. The second-order valence-corrected chi connectivity index (χ2v) is 4.17. The fourth-order valence-electron chi connectivity index (χ4n) is 1.74. The van der Waals surface area contributed by atoms with Crippen LogP contribution in [0.15, 0.2) is 18.2 Å². The minimum atomic E-state index is -0.823. The highest BCUT2D eigenvalue weighted by atomic mass is 16.5. The van der Waals surface area contributed by atoms with Crippen molar-refractivity contribution >= 4 is 11.7 Å². The van der Waals surface area contributed by atoms with Crippen LogP contribution in [0.2, 0.25) is 0 Å². The van der Waals surface area contributed by atoms with Crippen LogP contribution in [0, 0.1) is 0 Å². The van der Waals surface area contributed by atoms with E-state index in [1.54, 1.807) is 0 Å². The normalized spacial score (nSPS) is 11.7. The van der Waals surface area contributed by atoms with Gasteiger partial charge in [-0.25, -0.2) is 0 Å². The third-order valence-corrected chi connectivity index (χ3v) is 2.44. The SMILES string of the molecule is CCOc1ccc(NC(C)CC(=O)O)cc1OCC. The lowest BCUT2D eigenvalue weighted by molar-refractivity contribution is -0.137. The molecule has 0 heterocycles. The Morgan fingerprint density at radius 1 is 1.26 bits per heavy atom. The maximum absolute atomic E-state index is 10.6. The highest BCUT2D eigenvalue weighted by Crippen LogP contribution is 2.30. The molecule has 106 valence electrons. The van der Waals surface area contributed by atoms with Crippen LogP contribution in [-0.4, -0.2) is 30.3 Å². The van der Waals surface area contributed by atoms with Gasteiger partial charge in [0.15, 0.2) is 11.5 Å². The Morgan fingerprint density at radius 2 is 1.89 bits per heavy atom. The molecule has 2 N–H and O–H groups in total. The van der Waals surface area contributed by atoms with Gasteiger partial charge in [-0.2, -0.15) is 0 Å². The smallest absolute Gasteiger partial charge is 0.305 e. The van der Waals surface area contributed by atoms with Crippen molar-refractivity contribution in [3.8, 4) is 11.5 Å². The number of anilines is 1. The first-order valence-corrected chi connectivity index (χ1v) is 6.44. The molecule has 0 bridgehead atoms. The zero-order valence-electron chi connectivity index (χ0n) is 11.6. The molecule has 1 aromatic rings. The number of rotatable bonds is 8. The third kappa shape index (κ3) is 5.07. The second-order valence-electron chi connectivity index (χ2n) is 4.17. The molecule has 0 spiro atoms. The van der Waals surface area contributed by atoms with Crippen LogP contribution in [0.4, 0.5) is 5.69 Å². The molecule has 0 aliphatic carbocycles. The van der Waals surface area contributed by atoms with Crippen LogP contribution in [0.25, 0.3) is 0 Å². The van der Waals surface area contributed by atoms with Gasteiger partial charge in [0, 0.05) is 17.8 Å². The number of hydrogen-bond acceptors (Lipinski definition) is 4. The van der Waals surface area contributed by atoms with Crippen molar-refractivity contribution < 1.29 is 19.4 Å². The zero-order valence-corrected chi connectivity index (χ0v) is 11.6. The molecular weight excluding hydrogens is 246 g/mol. The van der Waals surface area contributed by atoms with E-state index in [1.807, 2.05) is 39.0 Å². The lowest BCUT2D eigenvalue weighted by atomic mass is 10.2. The summed E-state index contributed by atoms with van der Waals surface area (Å²) < 4.78 is 11.0. The summed E-state index contributed by atoms with van der Waals surface area (Å²) in [5, 5.41) is 11.9. The molecule has 1 aromatic carbocycles. The summed E-state index contributed by atoms with van der Waals surface area (Å²) in [6.45, 7) is 6.76. The van der Waals surface area contributed by atoms with E-state index >= 15 is 0 Å². The van der Waals surface area contributed by atoms with Crippen LogP contribution < -0.4 is 14.8 Å². The molecule has 0 aliphatic heterocycles. The molecule has 0 saturated carbocycles. The number of benzene rings is 1. The lowest BCUT2D eigenvalue weighted by Gasteiger charge is -2.16. The molecule has 1 rings (SSSR count). The molecule has 0 aromatic heterocycles. The zero-order chi connectivity index (χ0) is 14.3. The Labute approximate surface area is 113 Å². The van der Waals surface area contributed by atoms with Crippen LogP contribution in [0.3, 0.4) is 0 Å². The highest BCUT2D eigenvalue weighted by molar-refractivity contribution is 5.68. The van der Waals surface area contributed by atoms with Crippen LogP contribution in [0.1, 0.15) is 27.2 Å². The molecular formula is C14H21NO4. The number of carboxylic acid groups (broad SMARTS) is 1. The van der Waals surface area contributed by atoms with Gasteiger partial charge >= 0.3 is 5.97 Å². The Bertz CT molecular complexity index is 420. The van der Waals surface area contributed by atoms with Crippen molar-refractivity contribution in [1.29, 1.82) is 0 Å². The van der Waals surface area contributed by atoms with Gasteiger partial charge < -0.3 is 19.9 Å². The van der Waals surface area contributed by atoms with Gasteiger partial charge in [-0.15, -0.1) is 0 Å². The Balaban J connectivity index is 2.79. The number of aliphatic carboxylic acids is 1. The largest absolute Gasteiger partial charge is 0.490 e. The van der Waals surface area contributed by atoms with E-state index in [0.29, 0.717) is 24.7 Å². The van der Waals surface area contributed by atoms with E-state index < -0.39 is 5.97 Å². The van der Waals surface area contributed by atoms with Gasteiger partial charge in [0.1, 0.15) is 0 Å². The average Bonchev–Trinajstić information content (AvgIpc) is 2.32. The molecule has 0 fully saturated rings. The number of ether oxygens (including phenoxy) is 2. The number of nitrogens with one attached hydrogen (secondary N) is 1. The molecule has 19 heavy (non-hydrogen) atoms. The fourth-order valence-corrected chi connectivity index (χ4v) is 1.74. The minimum Gasteiger partial charge on any atom is -0.490 e. The molecule has 5 heteroatoms. The lowest BCUT2D eigenvalue weighted by Crippen LogP contribution is -2.19. The topological polar surface area (TPSA) is 67.8 Å². The Kier molecular flexibility index (Phi) is 5.99. The van der Waals surface area contributed by atoms with Crippen molar-refractivity contribution in [2.24, 2.45) is 0 Å². The van der Waals surface area contributed by atoms with Crippen molar-refractivity contribution in [3.05, 3.63) is 18.2 Å². The predicted octanol–water partition coefficient (Wildman–Crippen LogP) is 2.76. The van der Waals surface area contributed by atoms with Crippen molar-refractivity contribution in [2.45, 2.75) is 33.2 Å². The first-order valence-electron chi connectivity index (χ1n) is 6.44. The Morgan fingerprint density at radius 3 is 2.47 bits per heavy atom. The van der Waals surface area contributed by atoms with Crippen LogP contribution >= 0.6 is 0 Å². The number of carbonyl (C=O) groups is 1. The van der Waals surface area contributed by atoms with Gasteiger partial charge in [-0.3, -0.25) is 4.79 Å². The number of carboxylic acids is 1. The Hall–Kier alpha value is -1.91. The van der Waals surface area contributed by atoms with Gasteiger partial charge in [0.05, 0.1) is 19.6 Å². The van der Waals surface area contributed by atoms with Crippen molar-refractivity contribution in [1.82, 2.24) is 0 Å². The quantitative estimate of drug-likeness (QED) is 0.758. The standard InChI is InChI=1S/C14H21NO4/c1-4-18-12-7-6-11(9-13(12)19-5-2)15-10(3)8-14(16)17/h6-7,9-10,15H,4-5,8H2,1-3H3,(H,16,17). The van der Waals surface area contributed by atoms with E-state index in [9.17, 15) is 4.79 Å². The molecule has 0 saturated heterocycles. The van der Waals surface area contributed by atoms with Crippen molar-refractivity contribution in [3.63, 3.8) is 0 Å². The van der Waals surface area contributed by atoms with E-state index in [2.05, 4.69) is 5.32 Å². The van der Waals surface area contributed by atoms with E-state index in [1.165, 1.54) is 0 Å². The monoisotopic (exact) mass is 267 g/mol. The summed E-state index contributed by atoms with van der Waals surface area (Å²) in [5.41, 5.74) is 0.820. The molecule has 1 unspecified atom stereocenters. The molecule has 0 amide bonds. The maximum atomic E-state index is 10.6. The molecule has 0 radical (unpaired) electrons. The van der Waals surface area contributed by atoms with Crippen molar-refractivity contribution in [2.75, 3.05) is 18.5 Å². The highest BCUT2D eigenvalue weighted by Gasteiger charge is 2.10. The minimum absolute atomic E-state index is 0.0666. The second kappa shape index (κ2) is 7.51. The molecule has 1 atom stereocenters. The summed E-state index contributed by atoms with van der Waals surface area (Å²) in [5.74, 6) is 0.536. The number of hydrogen-bond donors (Lipinski definition) is 2. The summed E-state index contributed by atoms with van der Waals surface area (Å²) >= 11 is 0. The maximum Gasteiger partial charge on any atom is 0.305 e. The van der Waals surface area contributed by atoms with Gasteiger partial charge in [-0.1, -0.05) is 0 Å². The summed E-state index contributed by atoms with van der Waals surface area (Å²) in [7, 11) is 0. The summed E-state index contributed by atoms with van der Waals surface area (Å²) in [4.78, 5) is 10.6. The van der Waals surface area contributed by atoms with Gasteiger partial charge in [-0.05, 0) is 32.9 Å².